The standard InChI is InChI=1S/C22H27FN2O/c1-2-13-25-14-3-4-19-15-18(7-10-21(19)25)11-12-24-22(26)16-17-5-8-20(23)9-6-17/h5-10,15H,2-4,11-14,16H2,1H3,(H,24,26). The summed E-state index contributed by atoms with van der Waals surface area (Å²) >= 11 is 0. The van der Waals surface area contributed by atoms with Crippen molar-refractivity contribution in [3.8, 4) is 0 Å². The molecule has 0 bridgehead atoms. The van der Waals surface area contributed by atoms with Crippen LogP contribution in [-0.4, -0.2) is 25.5 Å². The highest BCUT2D eigenvalue weighted by atomic mass is 19.1. The van der Waals surface area contributed by atoms with E-state index in [0.29, 0.717) is 6.54 Å². The largest absolute Gasteiger partial charge is 0.371 e. The Balaban J connectivity index is 1.50. The van der Waals surface area contributed by atoms with Gasteiger partial charge in [-0.1, -0.05) is 31.2 Å². The molecule has 1 heterocycles. The summed E-state index contributed by atoms with van der Waals surface area (Å²) < 4.78 is 12.9. The average Bonchev–Trinajstić information content (AvgIpc) is 2.64. The zero-order valence-electron chi connectivity index (χ0n) is 15.4. The van der Waals surface area contributed by atoms with Crippen LogP contribution in [0.1, 0.15) is 36.5 Å². The minimum Gasteiger partial charge on any atom is -0.371 e. The van der Waals surface area contributed by atoms with Crippen molar-refractivity contribution in [3.63, 3.8) is 0 Å². The van der Waals surface area contributed by atoms with Crippen molar-refractivity contribution in [1.29, 1.82) is 0 Å². The first-order valence-electron chi connectivity index (χ1n) is 9.53. The summed E-state index contributed by atoms with van der Waals surface area (Å²) in [6.07, 6.45) is 4.64. The fraction of sp³-hybridized carbons (Fsp3) is 0.409. The fourth-order valence-corrected chi connectivity index (χ4v) is 3.58. The molecule has 0 aromatic heterocycles. The predicted molar refractivity (Wildman–Crippen MR) is 104 cm³/mol. The number of carbonyl (C=O) groups is 1. The Morgan fingerprint density at radius 2 is 1.92 bits per heavy atom. The molecule has 26 heavy (non-hydrogen) atoms. The number of nitrogens with zero attached hydrogens (tertiary/aromatic N) is 1. The normalized spacial score (nSPS) is 13.4. The van der Waals surface area contributed by atoms with Crippen LogP contribution in [0.4, 0.5) is 10.1 Å². The van der Waals surface area contributed by atoms with Crippen molar-refractivity contribution in [2.24, 2.45) is 0 Å². The van der Waals surface area contributed by atoms with Crippen LogP contribution in [0.5, 0.6) is 0 Å². The van der Waals surface area contributed by atoms with Crippen LogP contribution in [0.3, 0.4) is 0 Å². The van der Waals surface area contributed by atoms with Gasteiger partial charge in [-0.3, -0.25) is 4.79 Å². The molecule has 1 amide bonds. The summed E-state index contributed by atoms with van der Waals surface area (Å²) in [5.74, 6) is -0.303. The molecule has 0 unspecified atom stereocenters. The van der Waals surface area contributed by atoms with Crippen LogP contribution in [0.15, 0.2) is 42.5 Å². The fourth-order valence-electron chi connectivity index (χ4n) is 3.58. The molecule has 0 saturated heterocycles. The van der Waals surface area contributed by atoms with Crippen molar-refractivity contribution in [2.75, 3.05) is 24.5 Å². The third-order valence-corrected chi connectivity index (χ3v) is 4.87. The highest BCUT2D eigenvalue weighted by molar-refractivity contribution is 5.78. The lowest BCUT2D eigenvalue weighted by atomic mass is 9.98. The van der Waals surface area contributed by atoms with Crippen LogP contribution in [0, 0.1) is 5.82 Å². The van der Waals surface area contributed by atoms with Crippen molar-refractivity contribution in [2.45, 2.75) is 39.0 Å². The lowest BCUT2D eigenvalue weighted by Crippen LogP contribution is -2.30. The predicted octanol–water partition coefficient (Wildman–Crippen LogP) is 3.89. The summed E-state index contributed by atoms with van der Waals surface area (Å²) in [6, 6.07) is 12.8. The Kier molecular flexibility index (Phi) is 6.26. The van der Waals surface area contributed by atoms with Crippen LogP contribution in [0.2, 0.25) is 0 Å². The SMILES string of the molecule is CCCN1CCCc2cc(CCNC(=O)Cc3ccc(F)cc3)ccc21. The maximum Gasteiger partial charge on any atom is 0.224 e. The Labute approximate surface area is 155 Å². The van der Waals surface area contributed by atoms with Gasteiger partial charge < -0.3 is 10.2 Å². The van der Waals surface area contributed by atoms with Gasteiger partial charge >= 0.3 is 0 Å². The van der Waals surface area contributed by atoms with Gasteiger partial charge in [-0.2, -0.15) is 0 Å². The molecule has 138 valence electrons. The number of benzene rings is 2. The Hall–Kier alpha value is -2.36. The van der Waals surface area contributed by atoms with E-state index in [0.717, 1.165) is 31.5 Å². The van der Waals surface area contributed by atoms with Crippen LogP contribution in [0.25, 0.3) is 0 Å². The summed E-state index contributed by atoms with van der Waals surface area (Å²) in [7, 11) is 0. The van der Waals surface area contributed by atoms with E-state index < -0.39 is 0 Å². The molecule has 2 aromatic carbocycles. The zero-order valence-corrected chi connectivity index (χ0v) is 15.4. The van der Waals surface area contributed by atoms with Gasteiger partial charge in [-0.25, -0.2) is 4.39 Å². The molecule has 0 saturated carbocycles. The molecule has 0 radical (unpaired) electrons. The van der Waals surface area contributed by atoms with E-state index >= 15 is 0 Å². The average molecular weight is 354 g/mol. The molecular formula is C22H27FN2O. The van der Waals surface area contributed by atoms with Crippen LogP contribution in [-0.2, 0) is 24.1 Å². The first kappa shape index (κ1) is 18.4. The number of rotatable bonds is 7. The highest BCUT2D eigenvalue weighted by Gasteiger charge is 2.16. The van der Waals surface area contributed by atoms with E-state index in [1.54, 1.807) is 12.1 Å². The topological polar surface area (TPSA) is 32.3 Å². The number of hydrogen-bond donors (Lipinski definition) is 1. The van der Waals surface area contributed by atoms with Gasteiger partial charge in [-0.15, -0.1) is 0 Å². The van der Waals surface area contributed by atoms with Gasteiger partial charge in [0.15, 0.2) is 0 Å². The second-order valence-corrected chi connectivity index (χ2v) is 6.96. The van der Waals surface area contributed by atoms with E-state index in [-0.39, 0.29) is 18.1 Å². The lowest BCUT2D eigenvalue weighted by molar-refractivity contribution is -0.120. The van der Waals surface area contributed by atoms with E-state index in [1.165, 1.54) is 41.8 Å². The highest BCUT2D eigenvalue weighted by Crippen LogP contribution is 2.28. The molecule has 3 rings (SSSR count). The third kappa shape index (κ3) is 4.84. The summed E-state index contributed by atoms with van der Waals surface area (Å²) in [4.78, 5) is 14.5. The molecule has 3 nitrogen and oxygen atoms in total. The van der Waals surface area contributed by atoms with E-state index in [4.69, 9.17) is 0 Å². The van der Waals surface area contributed by atoms with Gasteiger partial charge in [0.25, 0.3) is 0 Å². The number of hydrogen-bond acceptors (Lipinski definition) is 2. The molecule has 2 aromatic rings. The summed E-state index contributed by atoms with van der Waals surface area (Å²) in [6.45, 7) is 5.11. The molecule has 0 atom stereocenters. The Morgan fingerprint density at radius 3 is 2.69 bits per heavy atom. The zero-order chi connectivity index (χ0) is 18.4. The maximum absolute atomic E-state index is 12.9. The second-order valence-electron chi connectivity index (χ2n) is 6.96. The summed E-state index contributed by atoms with van der Waals surface area (Å²) in [5, 5.41) is 2.96. The Morgan fingerprint density at radius 1 is 1.15 bits per heavy atom. The van der Waals surface area contributed by atoms with Crippen LogP contribution >= 0.6 is 0 Å². The smallest absolute Gasteiger partial charge is 0.224 e. The number of nitrogens with one attached hydrogen (secondary N) is 1. The van der Waals surface area contributed by atoms with E-state index in [9.17, 15) is 9.18 Å². The van der Waals surface area contributed by atoms with Crippen molar-refractivity contribution >= 4 is 11.6 Å². The van der Waals surface area contributed by atoms with Gasteiger partial charge in [0, 0.05) is 25.3 Å². The van der Waals surface area contributed by atoms with Gasteiger partial charge in [0.2, 0.25) is 5.91 Å². The molecule has 1 N–H and O–H groups in total. The number of halogens is 1. The molecule has 1 aliphatic heterocycles. The van der Waals surface area contributed by atoms with Crippen molar-refractivity contribution in [3.05, 3.63) is 65.0 Å². The van der Waals surface area contributed by atoms with Gasteiger partial charge in [0.1, 0.15) is 5.82 Å². The third-order valence-electron chi connectivity index (χ3n) is 4.87. The quantitative estimate of drug-likeness (QED) is 0.818. The van der Waals surface area contributed by atoms with E-state index in [1.807, 2.05) is 0 Å². The van der Waals surface area contributed by atoms with Crippen LogP contribution < -0.4 is 10.2 Å². The molecule has 1 aliphatic rings. The molecule has 0 fully saturated rings. The lowest BCUT2D eigenvalue weighted by Gasteiger charge is -2.31. The number of carbonyl (C=O) groups excluding carboxylic acids is 1. The molecular weight excluding hydrogens is 327 g/mol. The number of anilines is 1. The van der Waals surface area contributed by atoms with Crippen molar-refractivity contribution in [1.82, 2.24) is 5.32 Å². The first-order valence-corrected chi connectivity index (χ1v) is 9.53. The number of amides is 1. The minimum atomic E-state index is -0.279. The second kappa shape index (κ2) is 8.84. The minimum absolute atomic E-state index is 0.0244. The van der Waals surface area contributed by atoms with Gasteiger partial charge in [0.05, 0.1) is 6.42 Å². The molecule has 4 heteroatoms. The van der Waals surface area contributed by atoms with Gasteiger partial charge in [-0.05, 0) is 60.6 Å². The Bertz CT molecular complexity index is 742. The molecule has 0 aliphatic carbocycles. The number of aryl methyl sites for hydroxylation is 1. The van der Waals surface area contributed by atoms with E-state index in [2.05, 4.69) is 35.3 Å². The first-order chi connectivity index (χ1) is 12.7. The monoisotopic (exact) mass is 354 g/mol. The maximum atomic E-state index is 12.9. The summed E-state index contributed by atoms with van der Waals surface area (Å²) in [5.41, 5.74) is 4.90. The number of fused-ring (bicyclic) bond motifs is 1. The van der Waals surface area contributed by atoms with Crippen molar-refractivity contribution < 1.29 is 9.18 Å². The molecule has 0 spiro atoms.